The third-order valence-electron chi connectivity index (χ3n) is 2.54. The highest BCUT2D eigenvalue weighted by molar-refractivity contribution is 5.85. The Morgan fingerprint density at radius 1 is 1.21 bits per heavy atom. The summed E-state index contributed by atoms with van der Waals surface area (Å²) in [5.74, 6) is -1.13. The number of carboxylic acid groups (broad SMARTS) is 1. The minimum atomic E-state index is -1.13. The van der Waals surface area contributed by atoms with Gasteiger partial charge < -0.3 is 10.2 Å². The van der Waals surface area contributed by atoms with Gasteiger partial charge in [-0.05, 0) is 26.0 Å². The average molecular weight is 259 g/mol. The van der Waals surface area contributed by atoms with E-state index in [0.29, 0.717) is 17.0 Å². The molecule has 2 rings (SSSR count). The lowest BCUT2D eigenvalue weighted by Gasteiger charge is -2.16. The van der Waals surface area contributed by atoms with E-state index in [9.17, 15) is 9.90 Å². The fourth-order valence-electron chi connectivity index (χ4n) is 1.52. The van der Waals surface area contributed by atoms with Gasteiger partial charge >= 0.3 is 5.97 Å². The summed E-state index contributed by atoms with van der Waals surface area (Å²) < 4.78 is 0. The lowest BCUT2D eigenvalue weighted by atomic mass is 10.0. The molecule has 0 saturated heterocycles. The highest BCUT2D eigenvalue weighted by atomic mass is 16.4. The molecule has 0 aliphatic heterocycles. The zero-order valence-electron chi connectivity index (χ0n) is 10.5. The molecular weight excluding hydrogens is 246 g/mol. The quantitative estimate of drug-likeness (QED) is 0.866. The van der Waals surface area contributed by atoms with Gasteiger partial charge in [-0.25, -0.2) is 9.78 Å². The SMILES string of the molecule is CC(C)(O)c1ccc(-c2cncc(C(=O)O)n2)cn1. The molecule has 2 heterocycles. The number of carboxylic acids is 1. The fourth-order valence-corrected chi connectivity index (χ4v) is 1.52. The first kappa shape index (κ1) is 13.1. The number of rotatable bonds is 3. The molecular formula is C13H13N3O3. The Kier molecular flexibility index (Phi) is 3.26. The van der Waals surface area contributed by atoms with Crippen molar-refractivity contribution in [2.75, 3.05) is 0 Å². The van der Waals surface area contributed by atoms with Gasteiger partial charge in [0.2, 0.25) is 0 Å². The molecule has 0 saturated carbocycles. The van der Waals surface area contributed by atoms with Crippen molar-refractivity contribution in [2.24, 2.45) is 0 Å². The van der Waals surface area contributed by atoms with E-state index in [1.807, 2.05) is 0 Å². The number of aromatic nitrogens is 3. The molecule has 2 aromatic rings. The summed E-state index contributed by atoms with van der Waals surface area (Å²) in [6, 6.07) is 3.39. The van der Waals surface area contributed by atoms with Gasteiger partial charge in [0.05, 0.1) is 23.8 Å². The lowest BCUT2D eigenvalue weighted by Crippen LogP contribution is -2.17. The Morgan fingerprint density at radius 2 is 1.95 bits per heavy atom. The fraction of sp³-hybridized carbons (Fsp3) is 0.231. The van der Waals surface area contributed by atoms with Gasteiger partial charge in [0.15, 0.2) is 5.69 Å². The molecule has 0 aliphatic rings. The number of hydrogen-bond donors (Lipinski definition) is 2. The van der Waals surface area contributed by atoms with E-state index >= 15 is 0 Å². The van der Waals surface area contributed by atoms with Crippen molar-refractivity contribution in [3.63, 3.8) is 0 Å². The molecule has 19 heavy (non-hydrogen) atoms. The smallest absolute Gasteiger partial charge is 0.356 e. The average Bonchev–Trinajstić information content (AvgIpc) is 2.38. The number of nitrogens with zero attached hydrogens (tertiary/aromatic N) is 3. The third-order valence-corrected chi connectivity index (χ3v) is 2.54. The van der Waals surface area contributed by atoms with Gasteiger partial charge in [-0.15, -0.1) is 0 Å². The summed E-state index contributed by atoms with van der Waals surface area (Å²) in [5.41, 5.74) is 0.452. The van der Waals surface area contributed by atoms with Crippen molar-refractivity contribution in [3.8, 4) is 11.3 Å². The maximum absolute atomic E-state index is 10.8. The minimum absolute atomic E-state index is 0.121. The first-order valence-corrected chi connectivity index (χ1v) is 5.62. The van der Waals surface area contributed by atoms with Crippen LogP contribution in [0.5, 0.6) is 0 Å². The third kappa shape index (κ3) is 2.92. The van der Waals surface area contributed by atoms with Gasteiger partial charge in [-0.3, -0.25) is 9.97 Å². The Balaban J connectivity index is 2.37. The standard InChI is InChI=1S/C13H13N3O3/c1-13(2,19)11-4-3-8(5-15-11)9-6-14-7-10(16-9)12(17)18/h3-7,19H,1-2H3,(H,17,18). The van der Waals surface area contributed by atoms with Crippen LogP contribution in [0, 0.1) is 0 Å². The molecule has 0 atom stereocenters. The molecule has 0 unspecified atom stereocenters. The first-order chi connectivity index (χ1) is 8.88. The van der Waals surface area contributed by atoms with E-state index in [-0.39, 0.29) is 5.69 Å². The molecule has 98 valence electrons. The van der Waals surface area contributed by atoms with E-state index < -0.39 is 11.6 Å². The molecule has 6 heteroatoms. The molecule has 0 spiro atoms. The monoisotopic (exact) mass is 259 g/mol. The second kappa shape index (κ2) is 4.74. The topological polar surface area (TPSA) is 96.2 Å². The van der Waals surface area contributed by atoms with E-state index in [1.54, 1.807) is 26.0 Å². The number of pyridine rings is 1. The van der Waals surface area contributed by atoms with Gasteiger partial charge in [-0.2, -0.15) is 0 Å². The van der Waals surface area contributed by atoms with Gasteiger partial charge in [0.1, 0.15) is 5.60 Å². The van der Waals surface area contributed by atoms with Crippen LogP contribution in [0.25, 0.3) is 11.3 Å². The van der Waals surface area contributed by atoms with Gasteiger partial charge in [-0.1, -0.05) is 0 Å². The van der Waals surface area contributed by atoms with E-state index in [4.69, 9.17) is 5.11 Å². The second-order valence-corrected chi connectivity index (χ2v) is 4.59. The summed E-state index contributed by atoms with van der Waals surface area (Å²) in [7, 11) is 0. The lowest BCUT2D eigenvalue weighted by molar-refractivity contribution is 0.0689. The van der Waals surface area contributed by atoms with Gasteiger partial charge in [0, 0.05) is 11.8 Å². The second-order valence-electron chi connectivity index (χ2n) is 4.59. The number of aromatic carboxylic acids is 1. The number of hydrogen-bond acceptors (Lipinski definition) is 5. The van der Waals surface area contributed by atoms with Crippen LogP contribution < -0.4 is 0 Å². The molecule has 0 fully saturated rings. The molecule has 2 aromatic heterocycles. The molecule has 0 aromatic carbocycles. The summed E-state index contributed by atoms with van der Waals surface area (Å²) in [6.07, 6.45) is 4.18. The molecule has 2 N–H and O–H groups in total. The minimum Gasteiger partial charge on any atom is -0.476 e. The van der Waals surface area contributed by atoms with Crippen molar-refractivity contribution in [1.29, 1.82) is 0 Å². The van der Waals surface area contributed by atoms with Crippen molar-refractivity contribution in [3.05, 3.63) is 42.1 Å². The predicted octanol–water partition coefficient (Wildman–Crippen LogP) is 1.46. The highest BCUT2D eigenvalue weighted by Gasteiger charge is 2.17. The van der Waals surface area contributed by atoms with Crippen LogP contribution in [-0.2, 0) is 5.60 Å². The first-order valence-electron chi connectivity index (χ1n) is 5.62. The summed E-state index contributed by atoms with van der Waals surface area (Å²) >= 11 is 0. The van der Waals surface area contributed by atoms with Crippen LogP contribution in [0.1, 0.15) is 30.0 Å². The Morgan fingerprint density at radius 3 is 2.47 bits per heavy atom. The maximum Gasteiger partial charge on any atom is 0.356 e. The Labute approximate surface area is 109 Å². The highest BCUT2D eigenvalue weighted by Crippen LogP contribution is 2.21. The van der Waals surface area contributed by atoms with Crippen LogP contribution in [0.4, 0.5) is 0 Å². The number of aliphatic hydroxyl groups is 1. The molecule has 0 aliphatic carbocycles. The normalized spacial score (nSPS) is 11.3. The largest absolute Gasteiger partial charge is 0.476 e. The van der Waals surface area contributed by atoms with Crippen LogP contribution >= 0.6 is 0 Å². The Hall–Kier alpha value is -2.34. The van der Waals surface area contributed by atoms with Gasteiger partial charge in [0.25, 0.3) is 0 Å². The summed E-state index contributed by atoms with van der Waals surface area (Å²) in [5, 5.41) is 18.7. The predicted molar refractivity (Wildman–Crippen MR) is 67.5 cm³/mol. The molecule has 0 bridgehead atoms. The maximum atomic E-state index is 10.8. The Bertz CT molecular complexity index is 603. The van der Waals surface area contributed by atoms with Crippen LogP contribution in [0.15, 0.2) is 30.7 Å². The van der Waals surface area contributed by atoms with Crippen LogP contribution in [0.2, 0.25) is 0 Å². The summed E-state index contributed by atoms with van der Waals surface area (Å²) in [4.78, 5) is 22.8. The zero-order valence-corrected chi connectivity index (χ0v) is 10.5. The van der Waals surface area contributed by atoms with Crippen LogP contribution in [-0.4, -0.2) is 31.1 Å². The van der Waals surface area contributed by atoms with E-state index in [2.05, 4.69) is 15.0 Å². The van der Waals surface area contributed by atoms with Crippen molar-refractivity contribution in [2.45, 2.75) is 19.4 Å². The molecule has 6 nitrogen and oxygen atoms in total. The molecule has 0 radical (unpaired) electrons. The van der Waals surface area contributed by atoms with Crippen molar-refractivity contribution in [1.82, 2.24) is 15.0 Å². The molecule has 0 amide bonds. The van der Waals surface area contributed by atoms with Crippen LogP contribution in [0.3, 0.4) is 0 Å². The summed E-state index contributed by atoms with van der Waals surface area (Å²) in [6.45, 7) is 3.28. The number of carbonyl (C=O) groups is 1. The van der Waals surface area contributed by atoms with Crippen molar-refractivity contribution < 1.29 is 15.0 Å². The zero-order chi connectivity index (χ0) is 14.0. The van der Waals surface area contributed by atoms with E-state index in [0.717, 1.165) is 0 Å². The van der Waals surface area contributed by atoms with E-state index in [1.165, 1.54) is 18.6 Å². The van der Waals surface area contributed by atoms with Crippen molar-refractivity contribution >= 4 is 5.97 Å².